The molecule has 1 N–H and O–H groups in total. The van der Waals surface area contributed by atoms with Gasteiger partial charge in [0.15, 0.2) is 16.8 Å². The zero-order valence-corrected chi connectivity index (χ0v) is 15.8. The third kappa shape index (κ3) is 3.78. The van der Waals surface area contributed by atoms with Crippen molar-refractivity contribution in [2.75, 3.05) is 35.2 Å². The second kappa shape index (κ2) is 6.88. The van der Waals surface area contributed by atoms with Crippen LogP contribution in [-0.4, -0.2) is 50.2 Å². The molecule has 10 heteroatoms. The summed E-state index contributed by atoms with van der Waals surface area (Å²) in [5.41, 5.74) is -0.908. The summed E-state index contributed by atoms with van der Waals surface area (Å²) in [4.78, 5) is 12.0. The number of alkyl halides is 3. The van der Waals surface area contributed by atoms with Crippen LogP contribution in [0.15, 0.2) is 6.07 Å². The lowest BCUT2D eigenvalue weighted by Gasteiger charge is -2.34. The first-order chi connectivity index (χ1) is 12.7. The van der Waals surface area contributed by atoms with Gasteiger partial charge in [0.1, 0.15) is 5.82 Å². The molecular weight excluding hydrogens is 381 g/mol. The number of piperidine rings is 2. The van der Waals surface area contributed by atoms with Crippen LogP contribution >= 0.6 is 0 Å². The predicted molar refractivity (Wildman–Crippen MR) is 96.0 cm³/mol. The van der Waals surface area contributed by atoms with Gasteiger partial charge in [-0.3, -0.25) is 0 Å². The summed E-state index contributed by atoms with van der Waals surface area (Å²) >= 11 is -1.82. The number of aromatic nitrogens is 2. The van der Waals surface area contributed by atoms with Crippen LogP contribution in [0.5, 0.6) is 0 Å². The van der Waals surface area contributed by atoms with Crippen LogP contribution in [0.4, 0.5) is 24.9 Å². The molecule has 0 aromatic carbocycles. The molecule has 3 fully saturated rings. The Kier molecular flexibility index (Phi) is 4.82. The highest BCUT2D eigenvalue weighted by Crippen LogP contribution is 2.52. The molecule has 1 saturated carbocycles. The van der Waals surface area contributed by atoms with Crippen molar-refractivity contribution in [1.29, 1.82) is 0 Å². The van der Waals surface area contributed by atoms with Gasteiger partial charge in [-0.15, -0.1) is 0 Å². The number of halogens is 3. The van der Waals surface area contributed by atoms with E-state index in [9.17, 15) is 17.4 Å². The van der Waals surface area contributed by atoms with E-state index in [4.69, 9.17) is 4.55 Å². The van der Waals surface area contributed by atoms with Gasteiger partial charge in [-0.05, 0) is 43.9 Å². The van der Waals surface area contributed by atoms with Crippen LogP contribution in [0.1, 0.15) is 31.9 Å². The molecule has 1 aliphatic carbocycles. The second-order valence-electron chi connectivity index (χ2n) is 7.83. The summed E-state index contributed by atoms with van der Waals surface area (Å²) in [6.45, 7) is 3.82. The fourth-order valence-electron chi connectivity index (χ4n) is 4.50. The minimum Gasteiger partial charge on any atom is -0.356 e. The number of rotatable bonds is 4. The quantitative estimate of drug-likeness (QED) is 0.779. The van der Waals surface area contributed by atoms with Crippen LogP contribution in [-0.2, 0) is 17.3 Å². The Labute approximate surface area is 158 Å². The van der Waals surface area contributed by atoms with E-state index < -0.39 is 23.0 Å². The van der Waals surface area contributed by atoms with Crippen molar-refractivity contribution in [2.45, 2.75) is 38.4 Å². The maximum absolute atomic E-state index is 13.4. The van der Waals surface area contributed by atoms with Crippen LogP contribution < -0.4 is 9.80 Å². The van der Waals surface area contributed by atoms with Crippen molar-refractivity contribution in [3.63, 3.8) is 0 Å². The van der Waals surface area contributed by atoms with Gasteiger partial charge in [0.05, 0.1) is 5.75 Å². The van der Waals surface area contributed by atoms with Crippen molar-refractivity contribution < 1.29 is 21.9 Å². The molecular formula is C17H23F3N4O2S. The maximum atomic E-state index is 13.4. The molecule has 0 amide bonds. The van der Waals surface area contributed by atoms with Gasteiger partial charge >= 0.3 is 6.18 Å². The molecule has 0 bridgehead atoms. The normalized spacial score (nSPS) is 31.7. The Balaban J connectivity index is 1.58. The fraction of sp³-hybridized carbons (Fsp3) is 0.765. The number of anilines is 2. The average Bonchev–Trinajstić information content (AvgIpc) is 3.03. The van der Waals surface area contributed by atoms with Gasteiger partial charge in [0, 0.05) is 31.7 Å². The molecule has 0 spiro atoms. The lowest BCUT2D eigenvalue weighted by atomic mass is 10.0. The van der Waals surface area contributed by atoms with E-state index in [-0.39, 0.29) is 35.5 Å². The van der Waals surface area contributed by atoms with E-state index in [1.165, 1.54) is 0 Å². The largest absolute Gasteiger partial charge is 0.433 e. The summed E-state index contributed by atoms with van der Waals surface area (Å²) in [7, 11) is 0. The molecule has 150 valence electrons. The summed E-state index contributed by atoms with van der Waals surface area (Å²) < 4.78 is 60.2. The van der Waals surface area contributed by atoms with Crippen LogP contribution in [0, 0.1) is 17.8 Å². The standard InChI is InChI=1S/C17H23F3N4O2S/c1-10-4-2-3-5-24(10)16-21-14(17(18,19)20)6-15(22-16)23-7-11-12(8-23)13(11)9-27(25)26/h6,10-13H,2-5,7-9H2,1H3,(H,25,26)/t10-,11?,12?,13?/m0/s1. The minimum absolute atomic E-state index is 0.117. The highest BCUT2D eigenvalue weighted by atomic mass is 32.2. The lowest BCUT2D eigenvalue weighted by Crippen LogP contribution is -2.39. The van der Waals surface area contributed by atoms with Gasteiger partial charge in [-0.2, -0.15) is 18.2 Å². The highest BCUT2D eigenvalue weighted by Gasteiger charge is 2.56. The Morgan fingerprint density at radius 2 is 1.96 bits per heavy atom. The number of hydrogen-bond acceptors (Lipinski definition) is 5. The maximum Gasteiger partial charge on any atom is 0.433 e. The van der Waals surface area contributed by atoms with E-state index in [1.807, 2.05) is 16.7 Å². The fourth-order valence-corrected chi connectivity index (χ4v) is 5.32. The SMILES string of the molecule is C[C@H]1CCCCN1c1nc(N2CC3C(C2)C3CS(=O)O)cc(C(F)(F)F)n1. The molecule has 3 unspecified atom stereocenters. The first-order valence-electron chi connectivity index (χ1n) is 9.29. The number of fused-ring (bicyclic) bond motifs is 1. The van der Waals surface area contributed by atoms with Crippen LogP contribution in [0.25, 0.3) is 0 Å². The topological polar surface area (TPSA) is 69.6 Å². The number of hydrogen-bond donors (Lipinski definition) is 1. The lowest BCUT2D eigenvalue weighted by molar-refractivity contribution is -0.141. The van der Waals surface area contributed by atoms with Crippen molar-refractivity contribution in [3.05, 3.63) is 11.8 Å². The molecule has 27 heavy (non-hydrogen) atoms. The monoisotopic (exact) mass is 404 g/mol. The highest BCUT2D eigenvalue weighted by molar-refractivity contribution is 7.79. The van der Waals surface area contributed by atoms with Crippen LogP contribution in [0.3, 0.4) is 0 Å². The van der Waals surface area contributed by atoms with Crippen molar-refractivity contribution in [3.8, 4) is 0 Å². The third-order valence-corrected chi connectivity index (χ3v) is 6.75. The summed E-state index contributed by atoms with van der Waals surface area (Å²) in [5, 5.41) is 0. The Hall–Kier alpha value is -1.42. The molecule has 1 aromatic rings. The molecule has 6 nitrogen and oxygen atoms in total. The molecule has 0 radical (unpaired) electrons. The summed E-state index contributed by atoms with van der Waals surface area (Å²) in [6, 6.07) is 1.15. The Morgan fingerprint density at radius 1 is 1.26 bits per heavy atom. The first-order valence-corrected chi connectivity index (χ1v) is 10.6. The number of nitrogens with zero attached hydrogens (tertiary/aromatic N) is 4. The van der Waals surface area contributed by atoms with Gasteiger partial charge in [0.2, 0.25) is 5.95 Å². The summed E-state index contributed by atoms with van der Waals surface area (Å²) in [6.07, 6.45) is -1.62. The molecule has 4 rings (SSSR count). The second-order valence-corrected chi connectivity index (χ2v) is 8.81. The Bertz CT molecular complexity index is 735. The molecule has 4 atom stereocenters. The van der Waals surface area contributed by atoms with Gasteiger partial charge in [-0.25, -0.2) is 9.19 Å². The van der Waals surface area contributed by atoms with Crippen LogP contribution in [0.2, 0.25) is 0 Å². The van der Waals surface area contributed by atoms with Gasteiger partial charge < -0.3 is 14.4 Å². The third-order valence-electron chi connectivity index (χ3n) is 6.08. The van der Waals surface area contributed by atoms with E-state index >= 15 is 0 Å². The van der Waals surface area contributed by atoms with E-state index in [0.717, 1.165) is 25.3 Å². The van der Waals surface area contributed by atoms with Gasteiger partial charge in [-0.1, -0.05) is 0 Å². The molecule has 2 saturated heterocycles. The zero-order chi connectivity index (χ0) is 19.3. The first kappa shape index (κ1) is 18.9. The van der Waals surface area contributed by atoms with E-state index in [1.54, 1.807) is 0 Å². The van der Waals surface area contributed by atoms with E-state index in [0.29, 0.717) is 25.5 Å². The van der Waals surface area contributed by atoms with E-state index in [2.05, 4.69) is 9.97 Å². The smallest absolute Gasteiger partial charge is 0.356 e. The summed E-state index contributed by atoms with van der Waals surface area (Å²) in [5.74, 6) is 1.43. The van der Waals surface area contributed by atoms with Crippen molar-refractivity contribution in [1.82, 2.24) is 9.97 Å². The molecule has 2 aliphatic heterocycles. The van der Waals surface area contributed by atoms with Gasteiger partial charge in [0.25, 0.3) is 0 Å². The zero-order valence-electron chi connectivity index (χ0n) is 15.0. The van der Waals surface area contributed by atoms with Crippen molar-refractivity contribution >= 4 is 22.8 Å². The molecule has 1 aromatic heterocycles. The molecule has 3 aliphatic rings. The van der Waals surface area contributed by atoms with Crippen molar-refractivity contribution in [2.24, 2.45) is 17.8 Å². The molecule has 3 heterocycles. The Morgan fingerprint density at radius 3 is 2.56 bits per heavy atom. The average molecular weight is 404 g/mol. The minimum atomic E-state index is -4.52. The predicted octanol–water partition coefficient (Wildman–Crippen LogP) is 2.78.